The highest BCUT2D eigenvalue weighted by Crippen LogP contribution is 2.22. The molecule has 1 unspecified atom stereocenters. The minimum absolute atomic E-state index is 0.196. The van der Waals surface area contributed by atoms with Crippen molar-refractivity contribution >= 4 is 5.91 Å². The van der Waals surface area contributed by atoms with Crippen molar-refractivity contribution < 1.29 is 18.0 Å². The zero-order valence-electron chi connectivity index (χ0n) is 8.14. The van der Waals surface area contributed by atoms with Crippen molar-refractivity contribution in [3.8, 4) is 0 Å². The summed E-state index contributed by atoms with van der Waals surface area (Å²) in [6.45, 7) is -0.933. The molecular formula is C8H13F3N2O. The zero-order valence-corrected chi connectivity index (χ0v) is 8.14. The first kappa shape index (κ1) is 11.3. The molecule has 1 aliphatic heterocycles. The topological polar surface area (TPSA) is 23.6 Å². The van der Waals surface area contributed by atoms with Crippen molar-refractivity contribution in [1.29, 1.82) is 0 Å². The Morgan fingerprint density at radius 2 is 2.07 bits per heavy atom. The molecule has 0 aliphatic carbocycles. The average Bonchev–Trinajstić information content (AvgIpc) is 2.29. The van der Waals surface area contributed by atoms with Crippen LogP contribution in [0.3, 0.4) is 0 Å². The lowest BCUT2D eigenvalue weighted by Crippen LogP contribution is -2.41. The summed E-state index contributed by atoms with van der Waals surface area (Å²) in [6.07, 6.45) is -3.82. The first-order valence-corrected chi connectivity index (χ1v) is 4.33. The minimum atomic E-state index is -4.29. The van der Waals surface area contributed by atoms with Crippen LogP contribution in [0.15, 0.2) is 0 Å². The molecule has 6 heteroatoms. The number of rotatable bonds is 2. The normalized spacial score (nSPS) is 23.7. The van der Waals surface area contributed by atoms with Crippen LogP contribution in [0.1, 0.15) is 6.42 Å². The van der Waals surface area contributed by atoms with E-state index in [-0.39, 0.29) is 6.54 Å². The summed E-state index contributed by atoms with van der Waals surface area (Å²) >= 11 is 0. The molecule has 1 rings (SSSR count). The number of carbonyl (C=O) groups excluding carboxylic acids is 1. The number of halogens is 3. The highest BCUT2D eigenvalue weighted by atomic mass is 19.4. The molecule has 3 nitrogen and oxygen atoms in total. The van der Waals surface area contributed by atoms with Gasteiger partial charge in [-0.25, -0.2) is 0 Å². The maximum absolute atomic E-state index is 12.0. The number of hydrogen-bond donors (Lipinski definition) is 0. The SMILES string of the molecule is CN(C)C1CCN(CC(F)(F)F)C1=O. The van der Waals surface area contributed by atoms with Gasteiger partial charge >= 0.3 is 6.18 Å². The summed E-state index contributed by atoms with van der Waals surface area (Å²) in [5, 5.41) is 0. The van der Waals surface area contributed by atoms with Crippen LogP contribution in [0.4, 0.5) is 13.2 Å². The van der Waals surface area contributed by atoms with Crippen molar-refractivity contribution in [2.45, 2.75) is 18.6 Å². The van der Waals surface area contributed by atoms with E-state index in [9.17, 15) is 18.0 Å². The highest BCUT2D eigenvalue weighted by molar-refractivity contribution is 5.83. The molecular weight excluding hydrogens is 197 g/mol. The van der Waals surface area contributed by atoms with E-state index in [2.05, 4.69) is 0 Å². The molecule has 1 atom stereocenters. The van der Waals surface area contributed by atoms with Crippen molar-refractivity contribution in [2.24, 2.45) is 0 Å². The van der Waals surface area contributed by atoms with Gasteiger partial charge in [-0.2, -0.15) is 13.2 Å². The quantitative estimate of drug-likeness (QED) is 0.670. The standard InChI is InChI=1S/C8H13F3N2O/c1-12(2)6-3-4-13(7(6)14)5-8(9,10)11/h6H,3-5H2,1-2H3. The van der Waals surface area contributed by atoms with Gasteiger partial charge < -0.3 is 4.90 Å². The van der Waals surface area contributed by atoms with Crippen LogP contribution in [0.5, 0.6) is 0 Å². The van der Waals surface area contributed by atoms with E-state index in [1.807, 2.05) is 0 Å². The van der Waals surface area contributed by atoms with Gasteiger partial charge in [-0.1, -0.05) is 0 Å². The number of alkyl halides is 3. The number of nitrogens with zero attached hydrogens (tertiary/aromatic N) is 2. The first-order chi connectivity index (χ1) is 6.31. The largest absolute Gasteiger partial charge is 0.406 e. The Hall–Kier alpha value is -0.780. The van der Waals surface area contributed by atoms with E-state index in [0.29, 0.717) is 6.42 Å². The van der Waals surface area contributed by atoms with Gasteiger partial charge in [0.15, 0.2) is 0 Å². The lowest BCUT2D eigenvalue weighted by molar-refractivity contribution is -0.158. The van der Waals surface area contributed by atoms with Crippen molar-refractivity contribution in [3.63, 3.8) is 0 Å². The molecule has 0 N–H and O–H groups in total. The Morgan fingerprint density at radius 3 is 2.43 bits per heavy atom. The van der Waals surface area contributed by atoms with Gasteiger partial charge in [0.25, 0.3) is 0 Å². The third-order valence-electron chi connectivity index (χ3n) is 2.26. The number of likely N-dealkylation sites (tertiary alicyclic amines) is 1. The van der Waals surface area contributed by atoms with E-state index in [1.54, 1.807) is 19.0 Å². The van der Waals surface area contributed by atoms with Crippen LogP contribution in [-0.4, -0.2) is 55.1 Å². The fraction of sp³-hybridized carbons (Fsp3) is 0.875. The minimum Gasteiger partial charge on any atom is -0.332 e. The lowest BCUT2D eigenvalue weighted by atomic mass is 10.2. The van der Waals surface area contributed by atoms with Crippen LogP contribution in [0.2, 0.25) is 0 Å². The Bertz CT molecular complexity index is 227. The summed E-state index contributed by atoms with van der Waals surface area (Å²) in [7, 11) is 3.39. The van der Waals surface area contributed by atoms with Crippen molar-refractivity contribution in [1.82, 2.24) is 9.80 Å². The third kappa shape index (κ3) is 2.60. The smallest absolute Gasteiger partial charge is 0.332 e. The fourth-order valence-corrected chi connectivity index (χ4v) is 1.58. The molecule has 0 bridgehead atoms. The van der Waals surface area contributed by atoms with Gasteiger partial charge in [-0.05, 0) is 20.5 Å². The summed E-state index contributed by atoms with van der Waals surface area (Å²) in [4.78, 5) is 13.9. The van der Waals surface area contributed by atoms with E-state index in [1.165, 1.54) is 0 Å². The van der Waals surface area contributed by atoms with Crippen LogP contribution >= 0.6 is 0 Å². The molecule has 14 heavy (non-hydrogen) atoms. The predicted molar refractivity (Wildman–Crippen MR) is 44.7 cm³/mol. The van der Waals surface area contributed by atoms with E-state index in [4.69, 9.17) is 0 Å². The molecule has 0 saturated carbocycles. The lowest BCUT2D eigenvalue weighted by Gasteiger charge is -2.20. The maximum atomic E-state index is 12.0. The number of likely N-dealkylation sites (N-methyl/N-ethyl adjacent to an activating group) is 1. The van der Waals surface area contributed by atoms with Gasteiger partial charge in [0.2, 0.25) is 5.91 Å². The zero-order chi connectivity index (χ0) is 10.9. The molecule has 82 valence electrons. The number of amides is 1. The summed E-state index contributed by atoms with van der Waals surface area (Å²) in [6, 6.07) is -0.391. The average molecular weight is 210 g/mol. The van der Waals surface area contributed by atoms with Gasteiger partial charge in [0.05, 0.1) is 6.04 Å². The third-order valence-corrected chi connectivity index (χ3v) is 2.26. The van der Waals surface area contributed by atoms with E-state index in [0.717, 1.165) is 4.90 Å². The van der Waals surface area contributed by atoms with Crippen LogP contribution in [0, 0.1) is 0 Å². The molecule has 1 aliphatic rings. The molecule has 0 aromatic rings. The van der Waals surface area contributed by atoms with E-state index < -0.39 is 24.7 Å². The molecule has 1 amide bonds. The van der Waals surface area contributed by atoms with Gasteiger partial charge in [-0.15, -0.1) is 0 Å². The number of carbonyl (C=O) groups is 1. The Labute approximate surface area is 80.5 Å². The first-order valence-electron chi connectivity index (χ1n) is 4.33. The Balaban J connectivity index is 2.56. The molecule has 0 aromatic heterocycles. The maximum Gasteiger partial charge on any atom is 0.406 e. The van der Waals surface area contributed by atoms with Crippen LogP contribution in [0.25, 0.3) is 0 Å². The van der Waals surface area contributed by atoms with Crippen LogP contribution < -0.4 is 0 Å². The Kier molecular flexibility index (Phi) is 3.04. The van der Waals surface area contributed by atoms with Gasteiger partial charge in [0.1, 0.15) is 6.54 Å². The predicted octanol–water partition coefficient (Wildman–Crippen LogP) is 0.711. The highest BCUT2D eigenvalue weighted by Gasteiger charge is 2.39. The van der Waals surface area contributed by atoms with Crippen LogP contribution in [-0.2, 0) is 4.79 Å². The van der Waals surface area contributed by atoms with Crippen molar-refractivity contribution in [2.75, 3.05) is 27.2 Å². The fourth-order valence-electron chi connectivity index (χ4n) is 1.58. The summed E-state index contributed by atoms with van der Waals surface area (Å²) in [5.41, 5.74) is 0. The molecule has 0 radical (unpaired) electrons. The molecule has 0 aromatic carbocycles. The molecule has 1 saturated heterocycles. The summed E-state index contributed by atoms with van der Waals surface area (Å²) in [5.74, 6) is -0.424. The van der Waals surface area contributed by atoms with Crippen molar-refractivity contribution in [3.05, 3.63) is 0 Å². The molecule has 0 spiro atoms. The van der Waals surface area contributed by atoms with E-state index >= 15 is 0 Å². The van der Waals surface area contributed by atoms with Gasteiger partial charge in [-0.3, -0.25) is 9.69 Å². The number of hydrogen-bond acceptors (Lipinski definition) is 2. The molecule has 1 heterocycles. The summed E-state index contributed by atoms with van der Waals surface area (Å²) < 4.78 is 36.0. The second-order valence-corrected chi connectivity index (χ2v) is 3.64. The second-order valence-electron chi connectivity index (χ2n) is 3.64. The monoisotopic (exact) mass is 210 g/mol. The molecule has 1 fully saturated rings. The van der Waals surface area contributed by atoms with Gasteiger partial charge in [0, 0.05) is 6.54 Å². The Morgan fingerprint density at radius 1 is 1.50 bits per heavy atom. The second kappa shape index (κ2) is 3.76.